The number of hydrogen-bond acceptors (Lipinski definition) is 3. The van der Waals surface area contributed by atoms with Gasteiger partial charge >= 0.3 is 5.97 Å². The topological polar surface area (TPSA) is 59.2 Å². The van der Waals surface area contributed by atoms with Crippen LogP contribution in [0.15, 0.2) is 6.07 Å². The lowest BCUT2D eigenvalue weighted by atomic mass is 10.2. The van der Waals surface area contributed by atoms with Gasteiger partial charge in [-0.1, -0.05) is 0 Å². The third kappa shape index (κ3) is 2.22. The normalized spacial score (nSPS) is 9.93. The van der Waals surface area contributed by atoms with Crippen molar-refractivity contribution in [2.24, 2.45) is 0 Å². The number of aromatic amines is 1. The number of nitrogens with one attached hydrogen (secondary N) is 1. The zero-order chi connectivity index (χ0) is 10.7. The van der Waals surface area contributed by atoms with Crippen LogP contribution < -0.4 is 0 Å². The Kier molecular flexibility index (Phi) is 3.06. The number of rotatable bonds is 3. The predicted molar refractivity (Wildman–Crippen MR) is 51.3 cm³/mol. The molecule has 0 amide bonds. The zero-order valence-electron chi connectivity index (χ0n) is 8.51. The Labute approximate surface area is 82.3 Å². The van der Waals surface area contributed by atoms with Crippen molar-refractivity contribution >= 4 is 11.8 Å². The number of ether oxygens (including phenoxy) is 1. The number of esters is 1. The molecule has 1 aromatic heterocycles. The molecule has 76 valence electrons. The third-order valence-electron chi connectivity index (χ3n) is 1.90. The van der Waals surface area contributed by atoms with Gasteiger partial charge in [0.25, 0.3) is 0 Å². The van der Waals surface area contributed by atoms with Crippen LogP contribution in [0.4, 0.5) is 0 Å². The maximum Gasteiger partial charge on any atom is 0.354 e. The summed E-state index contributed by atoms with van der Waals surface area (Å²) in [7, 11) is 1.33. The number of aryl methyl sites for hydroxylation is 1. The van der Waals surface area contributed by atoms with Crippen LogP contribution in [0, 0.1) is 6.92 Å². The van der Waals surface area contributed by atoms with Gasteiger partial charge in [-0.05, 0) is 25.5 Å². The second-order valence-electron chi connectivity index (χ2n) is 3.22. The van der Waals surface area contributed by atoms with Crippen LogP contribution in [0.3, 0.4) is 0 Å². The highest BCUT2D eigenvalue weighted by Crippen LogP contribution is 2.11. The molecule has 0 unspecified atom stereocenters. The van der Waals surface area contributed by atoms with Crippen molar-refractivity contribution in [2.45, 2.75) is 20.3 Å². The lowest BCUT2D eigenvalue weighted by Crippen LogP contribution is -2.04. The van der Waals surface area contributed by atoms with Crippen molar-refractivity contribution in [1.29, 1.82) is 0 Å². The van der Waals surface area contributed by atoms with Gasteiger partial charge in [-0.25, -0.2) is 4.79 Å². The van der Waals surface area contributed by atoms with Gasteiger partial charge in [0, 0.05) is 12.1 Å². The number of H-pyrrole nitrogens is 1. The first-order valence-corrected chi connectivity index (χ1v) is 4.31. The van der Waals surface area contributed by atoms with Crippen LogP contribution in [-0.2, 0) is 16.0 Å². The number of hydrogen-bond donors (Lipinski definition) is 1. The molecule has 0 radical (unpaired) electrons. The highest BCUT2D eigenvalue weighted by Gasteiger charge is 2.13. The Morgan fingerprint density at radius 1 is 1.50 bits per heavy atom. The third-order valence-corrected chi connectivity index (χ3v) is 1.90. The predicted octanol–water partition coefficient (Wildman–Crippen LogP) is 1.24. The second kappa shape index (κ2) is 4.09. The lowest BCUT2D eigenvalue weighted by Gasteiger charge is -1.96. The fraction of sp³-hybridized carbons (Fsp3) is 0.400. The van der Waals surface area contributed by atoms with E-state index >= 15 is 0 Å². The van der Waals surface area contributed by atoms with Crippen LogP contribution in [0.25, 0.3) is 0 Å². The summed E-state index contributed by atoms with van der Waals surface area (Å²) < 4.78 is 4.58. The Morgan fingerprint density at radius 2 is 2.14 bits per heavy atom. The molecular weight excluding hydrogens is 182 g/mol. The number of methoxy groups -OCH3 is 1. The number of ketones is 1. The van der Waals surface area contributed by atoms with E-state index in [1.807, 2.05) is 0 Å². The molecule has 14 heavy (non-hydrogen) atoms. The molecule has 0 aliphatic carbocycles. The number of Topliss-reactive ketones (excluding diaryl/α,β-unsaturated/α-hetero) is 1. The van der Waals surface area contributed by atoms with E-state index < -0.39 is 5.97 Å². The average molecular weight is 195 g/mol. The quantitative estimate of drug-likeness (QED) is 0.738. The summed E-state index contributed by atoms with van der Waals surface area (Å²) in [6.07, 6.45) is 0.317. The first-order chi connectivity index (χ1) is 6.54. The van der Waals surface area contributed by atoms with E-state index in [0.717, 1.165) is 11.3 Å². The summed E-state index contributed by atoms with van der Waals surface area (Å²) in [4.78, 5) is 24.9. The highest BCUT2D eigenvalue weighted by molar-refractivity contribution is 5.89. The van der Waals surface area contributed by atoms with Crippen LogP contribution in [0.2, 0.25) is 0 Å². The molecule has 0 fully saturated rings. The van der Waals surface area contributed by atoms with Crippen molar-refractivity contribution in [2.75, 3.05) is 7.11 Å². The van der Waals surface area contributed by atoms with Crippen molar-refractivity contribution in [3.8, 4) is 0 Å². The summed E-state index contributed by atoms with van der Waals surface area (Å²) in [5.41, 5.74) is 1.97. The van der Waals surface area contributed by atoms with Crippen molar-refractivity contribution in [3.63, 3.8) is 0 Å². The Balaban J connectivity index is 2.93. The van der Waals surface area contributed by atoms with E-state index in [0.29, 0.717) is 12.1 Å². The monoisotopic (exact) mass is 195 g/mol. The summed E-state index contributed by atoms with van der Waals surface area (Å²) in [6, 6.07) is 1.79. The first kappa shape index (κ1) is 10.5. The van der Waals surface area contributed by atoms with Crippen LogP contribution in [0.5, 0.6) is 0 Å². The van der Waals surface area contributed by atoms with Gasteiger partial charge in [0.05, 0.1) is 7.11 Å². The van der Waals surface area contributed by atoms with E-state index in [1.165, 1.54) is 14.0 Å². The molecule has 4 heteroatoms. The maximum atomic E-state index is 11.2. The van der Waals surface area contributed by atoms with Crippen molar-refractivity contribution in [1.82, 2.24) is 4.98 Å². The zero-order valence-corrected chi connectivity index (χ0v) is 8.51. The van der Waals surface area contributed by atoms with Gasteiger partial charge in [-0.15, -0.1) is 0 Å². The molecule has 1 aromatic rings. The van der Waals surface area contributed by atoms with Gasteiger partial charge in [-0.2, -0.15) is 0 Å². The molecular formula is C10H13NO3. The minimum Gasteiger partial charge on any atom is -0.464 e. The molecule has 0 aliphatic rings. The number of carbonyl (C=O) groups is 2. The van der Waals surface area contributed by atoms with Crippen LogP contribution >= 0.6 is 0 Å². The summed E-state index contributed by atoms with van der Waals surface area (Å²) >= 11 is 0. The van der Waals surface area contributed by atoms with Gasteiger partial charge in [0.1, 0.15) is 11.5 Å². The first-order valence-electron chi connectivity index (χ1n) is 4.31. The van der Waals surface area contributed by atoms with E-state index in [1.54, 1.807) is 13.0 Å². The molecule has 0 atom stereocenters. The largest absolute Gasteiger partial charge is 0.464 e. The van der Waals surface area contributed by atoms with Gasteiger partial charge < -0.3 is 9.72 Å². The molecule has 4 nitrogen and oxygen atoms in total. The molecule has 0 aromatic carbocycles. The summed E-state index contributed by atoms with van der Waals surface area (Å²) in [6.45, 7) is 3.31. The standard InChI is InChI=1S/C10H13NO3/c1-6-4-8(5-7(2)12)11-9(6)10(13)14-3/h4,11H,5H2,1-3H3. The number of carbonyl (C=O) groups excluding carboxylic acids is 2. The molecule has 1 heterocycles. The van der Waals surface area contributed by atoms with Gasteiger partial charge in [0.15, 0.2) is 0 Å². The molecule has 0 saturated heterocycles. The van der Waals surface area contributed by atoms with E-state index in [9.17, 15) is 9.59 Å². The second-order valence-corrected chi connectivity index (χ2v) is 3.22. The Morgan fingerprint density at radius 3 is 2.64 bits per heavy atom. The lowest BCUT2D eigenvalue weighted by molar-refractivity contribution is -0.116. The molecule has 1 rings (SSSR count). The van der Waals surface area contributed by atoms with E-state index in [4.69, 9.17) is 0 Å². The van der Waals surface area contributed by atoms with Crippen molar-refractivity contribution in [3.05, 3.63) is 23.0 Å². The van der Waals surface area contributed by atoms with E-state index in [-0.39, 0.29) is 5.78 Å². The summed E-state index contributed by atoms with van der Waals surface area (Å²) in [5, 5.41) is 0. The minimum atomic E-state index is -0.405. The van der Waals surface area contributed by atoms with Gasteiger partial charge in [-0.3, -0.25) is 4.79 Å². The Bertz CT molecular complexity index is 365. The van der Waals surface area contributed by atoms with Crippen LogP contribution in [-0.4, -0.2) is 23.8 Å². The fourth-order valence-electron chi connectivity index (χ4n) is 1.31. The maximum absolute atomic E-state index is 11.2. The van der Waals surface area contributed by atoms with Gasteiger partial charge in [0.2, 0.25) is 0 Å². The van der Waals surface area contributed by atoms with Crippen molar-refractivity contribution < 1.29 is 14.3 Å². The minimum absolute atomic E-state index is 0.0580. The molecule has 0 aliphatic heterocycles. The van der Waals surface area contributed by atoms with E-state index in [2.05, 4.69) is 9.72 Å². The molecule has 1 N–H and O–H groups in total. The SMILES string of the molecule is COC(=O)c1[nH]c(CC(C)=O)cc1C. The number of aromatic nitrogens is 1. The Hall–Kier alpha value is -1.58. The smallest absolute Gasteiger partial charge is 0.354 e. The summed E-state index contributed by atoms with van der Waals surface area (Å²) in [5.74, 6) is -0.347. The average Bonchev–Trinajstić information content (AvgIpc) is 2.44. The fourth-order valence-corrected chi connectivity index (χ4v) is 1.31. The molecule has 0 bridgehead atoms. The molecule has 0 spiro atoms. The molecule has 0 saturated carbocycles. The van der Waals surface area contributed by atoms with Crippen LogP contribution in [0.1, 0.15) is 28.7 Å². The highest BCUT2D eigenvalue weighted by atomic mass is 16.5.